The lowest BCUT2D eigenvalue weighted by atomic mass is 10.1. The van der Waals surface area contributed by atoms with Crippen LogP contribution in [0, 0.1) is 0 Å². The average Bonchev–Trinajstić information content (AvgIpc) is 3.06. The van der Waals surface area contributed by atoms with Crippen LogP contribution in [0.25, 0.3) is 11.3 Å². The zero-order chi connectivity index (χ0) is 16.2. The number of hydrogen-bond donors (Lipinski definition) is 1. The smallest absolute Gasteiger partial charge is 0.113 e. The summed E-state index contributed by atoms with van der Waals surface area (Å²) in [5.74, 6) is 0. The van der Waals surface area contributed by atoms with Gasteiger partial charge in [-0.1, -0.05) is 80.5 Å². The van der Waals surface area contributed by atoms with E-state index >= 15 is 0 Å². The van der Waals surface area contributed by atoms with Crippen LogP contribution in [0.4, 0.5) is 0 Å². The second-order valence-corrected chi connectivity index (χ2v) is 6.14. The molecule has 1 aromatic heterocycles. The topological polar surface area (TPSA) is 50.9 Å². The summed E-state index contributed by atoms with van der Waals surface area (Å²) in [5, 5.41) is 17.2. The number of aromatic nitrogens is 3. The van der Waals surface area contributed by atoms with Crippen molar-refractivity contribution in [2.24, 2.45) is 0 Å². The van der Waals surface area contributed by atoms with Crippen LogP contribution in [0.5, 0.6) is 0 Å². The van der Waals surface area contributed by atoms with E-state index in [4.69, 9.17) is 5.11 Å². The summed E-state index contributed by atoms with van der Waals surface area (Å²) in [6.45, 7) is 1.30. The summed E-state index contributed by atoms with van der Waals surface area (Å²) in [4.78, 5) is 0. The zero-order valence-corrected chi connectivity index (χ0v) is 14.0. The third-order valence-electron chi connectivity index (χ3n) is 4.15. The SMILES string of the molecule is OCCCCCCCCCCCn1cc(-c2ccccc2)nn1. The van der Waals surface area contributed by atoms with Gasteiger partial charge in [-0.3, -0.25) is 4.68 Å². The van der Waals surface area contributed by atoms with Crippen molar-refractivity contribution in [3.8, 4) is 11.3 Å². The molecular formula is C19H29N3O. The quantitative estimate of drug-likeness (QED) is 0.589. The van der Waals surface area contributed by atoms with Gasteiger partial charge in [-0.15, -0.1) is 5.10 Å². The predicted molar refractivity (Wildman–Crippen MR) is 94.1 cm³/mol. The fourth-order valence-corrected chi connectivity index (χ4v) is 2.77. The van der Waals surface area contributed by atoms with Gasteiger partial charge in [-0.25, -0.2) is 0 Å². The van der Waals surface area contributed by atoms with E-state index in [0.29, 0.717) is 6.61 Å². The highest BCUT2D eigenvalue weighted by molar-refractivity contribution is 5.56. The van der Waals surface area contributed by atoms with E-state index in [-0.39, 0.29) is 0 Å². The molecule has 1 heterocycles. The van der Waals surface area contributed by atoms with Crippen LogP contribution in [-0.2, 0) is 6.54 Å². The molecule has 2 rings (SSSR count). The lowest BCUT2D eigenvalue weighted by molar-refractivity contribution is 0.282. The summed E-state index contributed by atoms with van der Waals surface area (Å²) >= 11 is 0. The zero-order valence-electron chi connectivity index (χ0n) is 14.0. The number of aliphatic hydroxyl groups excluding tert-OH is 1. The number of aliphatic hydroxyl groups is 1. The molecule has 23 heavy (non-hydrogen) atoms. The normalized spacial score (nSPS) is 11.0. The van der Waals surface area contributed by atoms with Crippen LogP contribution in [-0.4, -0.2) is 26.7 Å². The molecule has 0 spiro atoms. The van der Waals surface area contributed by atoms with Crippen molar-refractivity contribution in [1.29, 1.82) is 0 Å². The molecule has 0 saturated carbocycles. The maximum absolute atomic E-state index is 8.71. The van der Waals surface area contributed by atoms with Crippen molar-refractivity contribution in [3.05, 3.63) is 36.5 Å². The van der Waals surface area contributed by atoms with Crippen molar-refractivity contribution in [2.75, 3.05) is 6.61 Å². The molecule has 0 aliphatic rings. The molecule has 0 atom stereocenters. The Morgan fingerprint density at radius 2 is 1.39 bits per heavy atom. The van der Waals surface area contributed by atoms with E-state index in [9.17, 15) is 0 Å². The number of nitrogens with zero attached hydrogens (tertiary/aromatic N) is 3. The van der Waals surface area contributed by atoms with Crippen LogP contribution in [0.2, 0.25) is 0 Å². The van der Waals surface area contributed by atoms with Crippen LogP contribution < -0.4 is 0 Å². The molecule has 0 radical (unpaired) electrons. The summed E-state index contributed by atoms with van der Waals surface area (Å²) in [7, 11) is 0. The molecule has 0 fully saturated rings. The first-order valence-corrected chi connectivity index (χ1v) is 8.96. The van der Waals surface area contributed by atoms with Crippen LogP contribution >= 0.6 is 0 Å². The molecule has 2 aromatic rings. The lowest BCUT2D eigenvalue weighted by Gasteiger charge is -2.02. The molecule has 0 aliphatic heterocycles. The number of hydrogen-bond acceptors (Lipinski definition) is 3. The third-order valence-corrected chi connectivity index (χ3v) is 4.15. The summed E-state index contributed by atoms with van der Waals surface area (Å²) < 4.78 is 1.96. The molecule has 1 aromatic carbocycles. The Hall–Kier alpha value is -1.68. The molecule has 0 aliphatic carbocycles. The molecule has 4 heteroatoms. The van der Waals surface area contributed by atoms with E-state index in [1.165, 1.54) is 51.4 Å². The Labute approximate surface area is 139 Å². The number of rotatable bonds is 12. The number of aryl methyl sites for hydroxylation is 1. The first-order chi connectivity index (χ1) is 11.4. The van der Waals surface area contributed by atoms with E-state index < -0.39 is 0 Å². The Bertz CT molecular complexity index is 524. The van der Waals surface area contributed by atoms with Gasteiger partial charge in [0.05, 0.1) is 6.20 Å². The highest BCUT2D eigenvalue weighted by Crippen LogP contribution is 2.15. The molecule has 0 unspecified atom stereocenters. The Morgan fingerprint density at radius 3 is 2.04 bits per heavy atom. The van der Waals surface area contributed by atoms with E-state index in [2.05, 4.69) is 22.4 Å². The first kappa shape index (κ1) is 17.7. The molecule has 0 bridgehead atoms. The van der Waals surface area contributed by atoms with Crippen molar-refractivity contribution in [3.63, 3.8) is 0 Å². The Kier molecular flexibility index (Phi) is 8.41. The standard InChI is InChI=1S/C19H29N3O/c23-16-12-7-5-3-1-2-4-6-11-15-22-17-19(20-21-22)18-13-9-8-10-14-18/h8-10,13-14,17,23H,1-7,11-12,15-16H2. The Morgan fingerprint density at radius 1 is 0.783 bits per heavy atom. The largest absolute Gasteiger partial charge is 0.396 e. The van der Waals surface area contributed by atoms with Gasteiger partial charge in [0.25, 0.3) is 0 Å². The highest BCUT2D eigenvalue weighted by atomic mass is 16.2. The van der Waals surface area contributed by atoms with Gasteiger partial charge >= 0.3 is 0 Å². The second kappa shape index (κ2) is 10.9. The molecular weight excluding hydrogens is 286 g/mol. The van der Waals surface area contributed by atoms with Crippen LogP contribution in [0.15, 0.2) is 36.5 Å². The van der Waals surface area contributed by atoms with Crippen molar-refractivity contribution in [2.45, 2.75) is 64.3 Å². The van der Waals surface area contributed by atoms with Crippen molar-refractivity contribution >= 4 is 0 Å². The van der Waals surface area contributed by atoms with Gasteiger partial charge in [0.2, 0.25) is 0 Å². The fraction of sp³-hybridized carbons (Fsp3) is 0.579. The minimum atomic E-state index is 0.342. The molecule has 126 valence electrons. The van der Waals surface area contributed by atoms with Crippen molar-refractivity contribution < 1.29 is 5.11 Å². The summed E-state index contributed by atoms with van der Waals surface area (Å²) in [6, 6.07) is 10.2. The number of unbranched alkanes of at least 4 members (excludes halogenated alkanes) is 8. The lowest BCUT2D eigenvalue weighted by Crippen LogP contribution is -1.98. The number of benzene rings is 1. The van der Waals surface area contributed by atoms with Crippen LogP contribution in [0.3, 0.4) is 0 Å². The van der Waals surface area contributed by atoms with Gasteiger partial charge in [-0.05, 0) is 12.8 Å². The maximum Gasteiger partial charge on any atom is 0.113 e. The third kappa shape index (κ3) is 6.95. The van der Waals surface area contributed by atoms with Gasteiger partial charge in [0.15, 0.2) is 0 Å². The minimum Gasteiger partial charge on any atom is -0.396 e. The van der Waals surface area contributed by atoms with E-state index in [1.807, 2.05) is 29.1 Å². The van der Waals surface area contributed by atoms with Crippen LogP contribution in [0.1, 0.15) is 57.8 Å². The Balaban J connectivity index is 1.53. The summed E-state index contributed by atoms with van der Waals surface area (Å²) in [5.41, 5.74) is 2.08. The molecule has 4 nitrogen and oxygen atoms in total. The minimum absolute atomic E-state index is 0.342. The molecule has 0 saturated heterocycles. The molecule has 0 amide bonds. The molecule has 1 N–H and O–H groups in total. The monoisotopic (exact) mass is 315 g/mol. The maximum atomic E-state index is 8.71. The van der Waals surface area contributed by atoms with E-state index in [0.717, 1.165) is 24.2 Å². The first-order valence-electron chi connectivity index (χ1n) is 8.96. The fourth-order valence-electron chi connectivity index (χ4n) is 2.77. The summed E-state index contributed by atoms with van der Waals surface area (Å²) in [6.07, 6.45) is 13.1. The van der Waals surface area contributed by atoms with Crippen molar-refractivity contribution in [1.82, 2.24) is 15.0 Å². The predicted octanol–water partition coefficient (Wildman–Crippen LogP) is 4.45. The van der Waals surface area contributed by atoms with Gasteiger partial charge in [0, 0.05) is 18.7 Å². The average molecular weight is 315 g/mol. The van der Waals surface area contributed by atoms with Gasteiger partial charge in [0.1, 0.15) is 5.69 Å². The van der Waals surface area contributed by atoms with Gasteiger partial charge < -0.3 is 5.11 Å². The highest BCUT2D eigenvalue weighted by Gasteiger charge is 2.02. The second-order valence-electron chi connectivity index (χ2n) is 6.14. The van der Waals surface area contributed by atoms with E-state index in [1.54, 1.807) is 0 Å². The van der Waals surface area contributed by atoms with Gasteiger partial charge in [-0.2, -0.15) is 0 Å².